The Morgan fingerprint density at radius 1 is 1.55 bits per heavy atom. The highest BCUT2D eigenvalue weighted by Crippen LogP contribution is 2.21. The topological polar surface area (TPSA) is 38.0 Å². The van der Waals surface area contributed by atoms with Crippen molar-refractivity contribution in [3.05, 3.63) is 28.2 Å². The fraction of sp³-hybridized carbons (Fsp3) is 0.143. The lowest BCUT2D eigenvalue weighted by Gasteiger charge is -2.02. The predicted octanol–water partition coefficient (Wildman–Crippen LogP) is 2.20. The Bertz CT molecular complexity index is 252. The van der Waals surface area contributed by atoms with E-state index < -0.39 is 6.67 Å². The fourth-order valence-corrected chi connectivity index (χ4v) is 1.12. The molecule has 0 amide bonds. The molecular weight excluding hydrogens is 211 g/mol. The van der Waals surface area contributed by atoms with Gasteiger partial charge in [0.1, 0.15) is 6.67 Å². The number of nitrogen functional groups attached to an aromatic ring is 1. The van der Waals surface area contributed by atoms with Gasteiger partial charge in [0, 0.05) is 10.2 Å². The minimum atomic E-state index is -0.490. The molecule has 1 aromatic rings. The van der Waals surface area contributed by atoms with E-state index in [1.54, 1.807) is 18.2 Å². The highest BCUT2D eigenvalue weighted by atomic mass is 79.9. The van der Waals surface area contributed by atoms with E-state index in [-0.39, 0.29) is 0 Å². The van der Waals surface area contributed by atoms with Crippen LogP contribution in [0, 0.1) is 0 Å². The van der Waals surface area contributed by atoms with E-state index in [9.17, 15) is 4.39 Å². The first-order valence-electron chi connectivity index (χ1n) is 3.09. The van der Waals surface area contributed by atoms with Crippen LogP contribution in [0.1, 0.15) is 5.56 Å². The van der Waals surface area contributed by atoms with Crippen molar-refractivity contribution in [1.82, 2.24) is 0 Å². The van der Waals surface area contributed by atoms with E-state index in [1.807, 2.05) is 0 Å². The summed E-state index contributed by atoms with van der Waals surface area (Å²) in [5.41, 5.74) is 3.75. The van der Waals surface area contributed by atoms with E-state index in [0.717, 1.165) is 4.47 Å². The number of hydrogen-bond donors (Lipinski definition) is 2. The summed E-state index contributed by atoms with van der Waals surface area (Å²) in [5, 5.41) is 0. The predicted molar refractivity (Wildman–Crippen MR) is 46.8 cm³/mol. The Morgan fingerprint density at radius 2 is 2.27 bits per heavy atom. The lowest BCUT2D eigenvalue weighted by atomic mass is 10.2. The average Bonchev–Trinajstić information content (AvgIpc) is 2.05. The van der Waals surface area contributed by atoms with E-state index in [4.69, 9.17) is 5.84 Å². The van der Waals surface area contributed by atoms with Crippen molar-refractivity contribution in [2.45, 2.75) is 6.67 Å². The summed E-state index contributed by atoms with van der Waals surface area (Å²) in [6, 6.07) is 5.18. The third-order valence-corrected chi connectivity index (χ3v) is 2.13. The minimum Gasteiger partial charge on any atom is -0.324 e. The molecule has 0 spiro atoms. The number of nitrogens with two attached hydrogens (primary N) is 1. The number of nitrogens with one attached hydrogen (secondary N) is 1. The molecule has 0 saturated carbocycles. The molecule has 0 aliphatic heterocycles. The van der Waals surface area contributed by atoms with Gasteiger partial charge >= 0.3 is 0 Å². The van der Waals surface area contributed by atoms with Crippen LogP contribution >= 0.6 is 15.9 Å². The van der Waals surface area contributed by atoms with Crippen molar-refractivity contribution in [2.24, 2.45) is 5.84 Å². The summed E-state index contributed by atoms with van der Waals surface area (Å²) in [6.45, 7) is -0.490. The van der Waals surface area contributed by atoms with Gasteiger partial charge in [-0.3, -0.25) is 5.84 Å². The quantitative estimate of drug-likeness (QED) is 0.591. The van der Waals surface area contributed by atoms with Crippen molar-refractivity contribution in [3.63, 3.8) is 0 Å². The van der Waals surface area contributed by atoms with E-state index in [1.165, 1.54) is 0 Å². The molecule has 0 unspecified atom stereocenters. The van der Waals surface area contributed by atoms with Crippen LogP contribution in [0.25, 0.3) is 0 Å². The highest BCUT2D eigenvalue weighted by molar-refractivity contribution is 9.10. The van der Waals surface area contributed by atoms with Crippen LogP contribution in [-0.4, -0.2) is 0 Å². The van der Waals surface area contributed by atoms with Crippen LogP contribution in [0.4, 0.5) is 10.1 Å². The molecule has 0 bridgehead atoms. The summed E-state index contributed by atoms with van der Waals surface area (Å²) in [6.07, 6.45) is 0. The first kappa shape index (κ1) is 8.49. The van der Waals surface area contributed by atoms with Crippen molar-refractivity contribution in [3.8, 4) is 0 Å². The largest absolute Gasteiger partial charge is 0.324 e. The molecule has 60 valence electrons. The number of anilines is 1. The second kappa shape index (κ2) is 3.69. The van der Waals surface area contributed by atoms with Gasteiger partial charge in [-0.2, -0.15) is 0 Å². The van der Waals surface area contributed by atoms with Crippen molar-refractivity contribution >= 4 is 21.6 Å². The zero-order valence-electron chi connectivity index (χ0n) is 5.77. The maximum absolute atomic E-state index is 12.2. The Kier molecular flexibility index (Phi) is 2.84. The smallest absolute Gasteiger partial charge is 0.116 e. The molecule has 0 radical (unpaired) electrons. The normalized spacial score (nSPS) is 9.73. The van der Waals surface area contributed by atoms with Gasteiger partial charge in [-0.05, 0) is 23.8 Å². The van der Waals surface area contributed by atoms with Gasteiger partial charge in [0.15, 0.2) is 0 Å². The summed E-state index contributed by atoms with van der Waals surface area (Å²) in [4.78, 5) is 0. The third-order valence-electron chi connectivity index (χ3n) is 1.36. The molecule has 0 aliphatic rings. The van der Waals surface area contributed by atoms with E-state index >= 15 is 0 Å². The van der Waals surface area contributed by atoms with Gasteiger partial charge in [0.2, 0.25) is 0 Å². The summed E-state index contributed by atoms with van der Waals surface area (Å²) in [7, 11) is 0. The van der Waals surface area contributed by atoms with Crippen LogP contribution in [0.5, 0.6) is 0 Å². The van der Waals surface area contributed by atoms with Gasteiger partial charge in [0.25, 0.3) is 0 Å². The van der Waals surface area contributed by atoms with E-state index in [0.29, 0.717) is 11.3 Å². The van der Waals surface area contributed by atoms with Gasteiger partial charge in [-0.25, -0.2) is 4.39 Å². The number of halogens is 2. The van der Waals surface area contributed by atoms with Crippen LogP contribution < -0.4 is 11.3 Å². The molecule has 4 heteroatoms. The molecule has 2 nitrogen and oxygen atoms in total. The third kappa shape index (κ3) is 1.91. The molecule has 1 aromatic carbocycles. The van der Waals surface area contributed by atoms with Crippen molar-refractivity contribution < 1.29 is 4.39 Å². The van der Waals surface area contributed by atoms with Crippen molar-refractivity contribution in [2.75, 3.05) is 5.43 Å². The van der Waals surface area contributed by atoms with Gasteiger partial charge < -0.3 is 5.43 Å². The fourth-order valence-electron chi connectivity index (χ4n) is 0.767. The maximum atomic E-state index is 12.2. The van der Waals surface area contributed by atoms with Crippen molar-refractivity contribution in [1.29, 1.82) is 0 Å². The minimum absolute atomic E-state index is 0.490. The monoisotopic (exact) mass is 218 g/mol. The average molecular weight is 219 g/mol. The standard InChI is InChI=1S/C7H8BrFN2/c8-7-2-1-6(11-10)3-5(7)4-9/h1-3,11H,4,10H2. The lowest BCUT2D eigenvalue weighted by molar-refractivity contribution is 0.484. The van der Waals surface area contributed by atoms with Crippen LogP contribution in [0.15, 0.2) is 22.7 Å². The first-order chi connectivity index (χ1) is 5.27. The molecule has 3 N–H and O–H groups in total. The van der Waals surface area contributed by atoms with Gasteiger partial charge in [-0.1, -0.05) is 15.9 Å². The highest BCUT2D eigenvalue weighted by Gasteiger charge is 1.99. The second-order valence-corrected chi connectivity index (χ2v) is 2.94. The number of rotatable bonds is 2. The molecule has 0 aromatic heterocycles. The SMILES string of the molecule is NNc1ccc(Br)c(CF)c1. The summed E-state index contributed by atoms with van der Waals surface area (Å²) < 4.78 is 13.0. The van der Waals surface area contributed by atoms with Crippen LogP contribution in [-0.2, 0) is 6.67 Å². The molecule has 0 saturated heterocycles. The molecule has 0 fully saturated rings. The maximum Gasteiger partial charge on any atom is 0.116 e. The molecule has 0 heterocycles. The van der Waals surface area contributed by atoms with Crippen LogP contribution in [0.3, 0.4) is 0 Å². The lowest BCUT2D eigenvalue weighted by Crippen LogP contribution is -2.06. The Balaban J connectivity index is 3.02. The number of alkyl halides is 1. The zero-order valence-corrected chi connectivity index (χ0v) is 7.36. The number of benzene rings is 1. The molecule has 11 heavy (non-hydrogen) atoms. The summed E-state index contributed by atoms with van der Waals surface area (Å²) >= 11 is 3.21. The van der Waals surface area contributed by atoms with E-state index in [2.05, 4.69) is 21.4 Å². The van der Waals surface area contributed by atoms with Gasteiger partial charge in [-0.15, -0.1) is 0 Å². The second-order valence-electron chi connectivity index (χ2n) is 2.08. The Morgan fingerprint density at radius 3 is 2.82 bits per heavy atom. The molecule has 1 rings (SSSR count). The van der Waals surface area contributed by atoms with Gasteiger partial charge in [0.05, 0.1) is 0 Å². The molecule has 0 aliphatic carbocycles. The van der Waals surface area contributed by atoms with Crippen LogP contribution in [0.2, 0.25) is 0 Å². The number of hydrogen-bond acceptors (Lipinski definition) is 2. The molecule has 0 atom stereocenters. The molecular formula is C7H8BrFN2. The Labute approximate surface area is 72.7 Å². The first-order valence-corrected chi connectivity index (χ1v) is 3.88. The summed E-state index contributed by atoms with van der Waals surface area (Å²) in [5.74, 6) is 5.14. The Hall–Kier alpha value is -0.610. The number of hydrazine groups is 1. The zero-order chi connectivity index (χ0) is 8.27.